The van der Waals surface area contributed by atoms with Gasteiger partial charge in [-0.15, -0.1) is 0 Å². The second-order valence-corrected chi connectivity index (χ2v) is 5.53. The summed E-state index contributed by atoms with van der Waals surface area (Å²) in [5, 5.41) is 0. The fourth-order valence-corrected chi connectivity index (χ4v) is 2.79. The number of aromatic nitrogens is 2. The zero-order chi connectivity index (χ0) is 12.7. The molecule has 0 radical (unpaired) electrons. The second-order valence-electron chi connectivity index (χ2n) is 4.42. The van der Waals surface area contributed by atoms with Gasteiger partial charge in [0.2, 0.25) is 0 Å². The van der Waals surface area contributed by atoms with Gasteiger partial charge < -0.3 is 9.30 Å². The first-order chi connectivity index (χ1) is 8.66. The van der Waals surface area contributed by atoms with Crippen LogP contribution in [0.25, 0.3) is 11.0 Å². The minimum Gasteiger partial charge on any atom is -0.378 e. The van der Waals surface area contributed by atoms with Gasteiger partial charge in [-0.1, -0.05) is 15.9 Å². The predicted molar refractivity (Wildman–Crippen MR) is 72.2 cm³/mol. The van der Waals surface area contributed by atoms with E-state index in [4.69, 9.17) is 4.74 Å². The third-order valence-corrected chi connectivity index (χ3v) is 3.86. The molecule has 1 aromatic carbocycles. The van der Waals surface area contributed by atoms with Crippen molar-refractivity contribution in [1.29, 1.82) is 0 Å². The topological polar surface area (TPSA) is 44.1 Å². The molecule has 0 spiro atoms. The number of rotatable bonds is 1. The molecule has 94 valence electrons. The lowest BCUT2D eigenvalue weighted by molar-refractivity contribution is 0.101. The van der Waals surface area contributed by atoms with Gasteiger partial charge in [0.15, 0.2) is 5.78 Å². The minimum atomic E-state index is 0.0766. The molecule has 0 amide bonds. The number of Topliss-reactive ketones (excluding diaryl/α,β-unsaturated/α-hetero) is 1. The Labute approximate surface area is 113 Å². The van der Waals surface area contributed by atoms with E-state index in [2.05, 4.69) is 25.5 Å². The summed E-state index contributed by atoms with van der Waals surface area (Å²) in [6, 6.07) is 5.66. The van der Waals surface area contributed by atoms with Crippen molar-refractivity contribution in [1.82, 2.24) is 9.55 Å². The zero-order valence-electron chi connectivity index (χ0n) is 10.0. The third kappa shape index (κ3) is 1.87. The third-order valence-electron chi connectivity index (χ3n) is 3.19. The number of carbonyl (C=O) groups is 1. The molecule has 18 heavy (non-hydrogen) atoms. The summed E-state index contributed by atoms with van der Waals surface area (Å²) in [7, 11) is 0. The minimum absolute atomic E-state index is 0.0766. The van der Waals surface area contributed by atoms with E-state index in [9.17, 15) is 4.79 Å². The van der Waals surface area contributed by atoms with Gasteiger partial charge in [-0.3, -0.25) is 4.79 Å². The highest BCUT2D eigenvalue weighted by molar-refractivity contribution is 9.09. The Morgan fingerprint density at radius 2 is 2.39 bits per heavy atom. The highest BCUT2D eigenvalue weighted by Crippen LogP contribution is 2.29. The molecular weight excluding hydrogens is 296 g/mol. The average molecular weight is 309 g/mol. The van der Waals surface area contributed by atoms with E-state index in [-0.39, 0.29) is 10.6 Å². The van der Waals surface area contributed by atoms with E-state index >= 15 is 0 Å². The molecule has 5 heteroatoms. The first-order valence-electron chi connectivity index (χ1n) is 5.90. The maximum Gasteiger partial charge on any atom is 0.159 e. The van der Waals surface area contributed by atoms with Crippen LogP contribution in [-0.2, 0) is 11.3 Å². The van der Waals surface area contributed by atoms with Crippen molar-refractivity contribution in [2.45, 2.75) is 18.3 Å². The Kier molecular flexibility index (Phi) is 2.95. The Hall–Kier alpha value is -1.20. The standard InChI is InChI=1S/C13H13BrN2O2/c1-8(17)9-2-3-11-12(6-9)16-4-5-18-7-10(14)13(16)15-11/h2-3,6,10H,4-5,7H2,1H3. The van der Waals surface area contributed by atoms with E-state index in [1.165, 1.54) is 0 Å². The summed E-state index contributed by atoms with van der Waals surface area (Å²) in [6.45, 7) is 3.65. The van der Waals surface area contributed by atoms with E-state index in [1.54, 1.807) is 6.92 Å². The normalized spacial score (nSPS) is 19.6. The van der Waals surface area contributed by atoms with Crippen LogP contribution in [0.1, 0.15) is 27.9 Å². The lowest BCUT2D eigenvalue weighted by Crippen LogP contribution is -2.04. The number of benzene rings is 1. The van der Waals surface area contributed by atoms with E-state index in [1.807, 2.05) is 18.2 Å². The number of hydrogen-bond donors (Lipinski definition) is 0. The maximum atomic E-state index is 11.4. The molecule has 0 aliphatic carbocycles. The molecule has 1 aliphatic rings. The molecule has 2 aromatic rings. The number of carbonyl (C=O) groups excluding carboxylic acids is 1. The van der Waals surface area contributed by atoms with Crippen LogP contribution in [0.5, 0.6) is 0 Å². The lowest BCUT2D eigenvalue weighted by atomic mass is 10.1. The van der Waals surface area contributed by atoms with Gasteiger partial charge in [0, 0.05) is 12.1 Å². The fraction of sp³-hybridized carbons (Fsp3) is 0.385. The highest BCUT2D eigenvalue weighted by atomic mass is 79.9. The van der Waals surface area contributed by atoms with Crippen molar-refractivity contribution in [3.8, 4) is 0 Å². The summed E-state index contributed by atoms with van der Waals surface area (Å²) >= 11 is 3.59. The van der Waals surface area contributed by atoms with Crippen LogP contribution in [-0.4, -0.2) is 28.5 Å². The summed E-state index contributed by atoms with van der Waals surface area (Å²) in [4.78, 5) is 16.2. The van der Waals surface area contributed by atoms with Crippen LogP contribution in [0.3, 0.4) is 0 Å². The second kappa shape index (κ2) is 4.48. The Bertz CT molecular complexity index is 621. The molecule has 0 N–H and O–H groups in total. The quantitative estimate of drug-likeness (QED) is 0.601. The number of nitrogens with zero attached hydrogens (tertiary/aromatic N) is 2. The van der Waals surface area contributed by atoms with Gasteiger partial charge in [-0.25, -0.2) is 4.98 Å². The van der Waals surface area contributed by atoms with Crippen molar-refractivity contribution in [3.05, 3.63) is 29.6 Å². The summed E-state index contributed by atoms with van der Waals surface area (Å²) in [6.07, 6.45) is 0. The number of alkyl halides is 1. The smallest absolute Gasteiger partial charge is 0.159 e. The van der Waals surface area contributed by atoms with Crippen LogP contribution >= 0.6 is 15.9 Å². The van der Waals surface area contributed by atoms with Crippen molar-refractivity contribution in [3.63, 3.8) is 0 Å². The van der Waals surface area contributed by atoms with E-state index in [0.717, 1.165) is 29.0 Å². The van der Waals surface area contributed by atoms with Crippen LogP contribution < -0.4 is 0 Å². The molecule has 2 heterocycles. The number of ketones is 1. The first kappa shape index (κ1) is 11.9. The molecule has 0 fully saturated rings. The molecule has 1 unspecified atom stereocenters. The van der Waals surface area contributed by atoms with Crippen molar-refractivity contribution in [2.75, 3.05) is 13.2 Å². The molecule has 0 bridgehead atoms. The Balaban J connectivity index is 2.22. The number of fused-ring (bicyclic) bond motifs is 3. The maximum absolute atomic E-state index is 11.4. The van der Waals surface area contributed by atoms with Crippen LogP contribution in [0.4, 0.5) is 0 Å². The summed E-state index contributed by atoms with van der Waals surface area (Å²) in [5.41, 5.74) is 2.66. The SMILES string of the molecule is CC(=O)c1ccc2nc3n(c2c1)CCOCC3Br. The molecule has 0 saturated heterocycles. The van der Waals surface area contributed by atoms with Crippen molar-refractivity contribution < 1.29 is 9.53 Å². The highest BCUT2D eigenvalue weighted by Gasteiger charge is 2.21. The molecule has 1 aromatic heterocycles. The van der Waals surface area contributed by atoms with Gasteiger partial charge in [0.05, 0.1) is 29.1 Å². The van der Waals surface area contributed by atoms with Gasteiger partial charge in [0.25, 0.3) is 0 Å². The number of imidazole rings is 1. The Morgan fingerprint density at radius 1 is 1.56 bits per heavy atom. The zero-order valence-corrected chi connectivity index (χ0v) is 11.6. The van der Waals surface area contributed by atoms with Crippen molar-refractivity contribution >= 4 is 32.7 Å². The molecule has 3 rings (SSSR count). The first-order valence-corrected chi connectivity index (χ1v) is 6.81. The number of halogens is 1. The van der Waals surface area contributed by atoms with Gasteiger partial charge in [-0.2, -0.15) is 0 Å². The van der Waals surface area contributed by atoms with E-state index < -0.39 is 0 Å². The Morgan fingerprint density at radius 3 is 3.17 bits per heavy atom. The number of hydrogen-bond acceptors (Lipinski definition) is 3. The van der Waals surface area contributed by atoms with Gasteiger partial charge in [-0.05, 0) is 25.1 Å². The van der Waals surface area contributed by atoms with Crippen molar-refractivity contribution in [2.24, 2.45) is 0 Å². The van der Waals surface area contributed by atoms with Crippen LogP contribution in [0.15, 0.2) is 18.2 Å². The van der Waals surface area contributed by atoms with Crippen LogP contribution in [0.2, 0.25) is 0 Å². The fourth-order valence-electron chi connectivity index (χ4n) is 2.25. The molecular formula is C13H13BrN2O2. The predicted octanol–water partition coefficient (Wildman–Crippen LogP) is 2.71. The molecule has 4 nitrogen and oxygen atoms in total. The summed E-state index contributed by atoms with van der Waals surface area (Å²) in [5.74, 6) is 1.05. The largest absolute Gasteiger partial charge is 0.378 e. The van der Waals surface area contributed by atoms with E-state index in [0.29, 0.717) is 13.2 Å². The monoisotopic (exact) mass is 308 g/mol. The molecule has 1 atom stereocenters. The van der Waals surface area contributed by atoms with Crippen LogP contribution in [0, 0.1) is 0 Å². The molecule has 1 aliphatic heterocycles. The average Bonchev–Trinajstić information content (AvgIpc) is 2.62. The van der Waals surface area contributed by atoms with Gasteiger partial charge in [0.1, 0.15) is 5.82 Å². The number of ether oxygens (including phenoxy) is 1. The lowest BCUT2D eigenvalue weighted by Gasteiger charge is -2.06. The summed E-state index contributed by atoms with van der Waals surface area (Å²) < 4.78 is 7.63. The molecule has 0 saturated carbocycles. The van der Waals surface area contributed by atoms with Gasteiger partial charge >= 0.3 is 0 Å².